The van der Waals surface area contributed by atoms with Crippen LogP contribution in [0.2, 0.25) is 5.02 Å². The van der Waals surface area contributed by atoms with Crippen molar-refractivity contribution in [3.05, 3.63) is 34.9 Å². The number of nitrogens with two attached hydrogens (primary N) is 1. The van der Waals surface area contributed by atoms with Gasteiger partial charge >= 0.3 is 0 Å². The van der Waals surface area contributed by atoms with E-state index in [0.717, 1.165) is 18.2 Å². The van der Waals surface area contributed by atoms with Crippen LogP contribution in [0.3, 0.4) is 0 Å². The predicted octanol–water partition coefficient (Wildman–Crippen LogP) is 2.84. The number of benzene rings is 1. The molecule has 1 aromatic carbocycles. The average molecular weight is 254 g/mol. The van der Waals surface area contributed by atoms with Crippen molar-refractivity contribution in [2.45, 2.75) is 19.3 Å². The summed E-state index contributed by atoms with van der Waals surface area (Å²) in [6.07, 6.45) is 0. The van der Waals surface area contributed by atoms with Crippen LogP contribution in [0.25, 0.3) is 0 Å². The molecule has 0 amide bonds. The molecule has 3 heteroatoms. The fraction of sp³-hybridized carbons (Fsp3) is 0.571. The molecule has 1 unspecified atom stereocenters. The molecule has 0 radical (unpaired) electrons. The lowest BCUT2D eigenvalue weighted by Crippen LogP contribution is -2.56. The summed E-state index contributed by atoms with van der Waals surface area (Å²) in [6.45, 7) is 6.70. The minimum Gasteiger partial charge on any atom is -0.379 e. The van der Waals surface area contributed by atoms with Gasteiger partial charge in [0, 0.05) is 10.4 Å². The molecule has 0 aliphatic carbocycles. The highest BCUT2D eigenvalue weighted by Gasteiger charge is 2.47. The maximum absolute atomic E-state index is 5.95. The zero-order chi connectivity index (χ0) is 12.5. The molecule has 17 heavy (non-hydrogen) atoms. The number of rotatable bonds is 4. The van der Waals surface area contributed by atoms with E-state index in [0.29, 0.717) is 18.4 Å². The van der Waals surface area contributed by atoms with Gasteiger partial charge in [-0.2, -0.15) is 0 Å². The summed E-state index contributed by atoms with van der Waals surface area (Å²) in [5, 5.41) is 0.776. The van der Waals surface area contributed by atoms with Crippen molar-refractivity contribution in [1.82, 2.24) is 0 Å². The predicted molar refractivity (Wildman–Crippen MR) is 71.3 cm³/mol. The molecule has 0 aromatic heterocycles. The van der Waals surface area contributed by atoms with E-state index < -0.39 is 0 Å². The molecule has 2 N–H and O–H groups in total. The van der Waals surface area contributed by atoms with Crippen LogP contribution in [-0.4, -0.2) is 19.8 Å². The van der Waals surface area contributed by atoms with Crippen LogP contribution in [0.15, 0.2) is 24.3 Å². The van der Waals surface area contributed by atoms with Crippen LogP contribution in [0.5, 0.6) is 0 Å². The Kier molecular flexibility index (Phi) is 3.76. The molecule has 1 saturated heterocycles. The van der Waals surface area contributed by atoms with Gasteiger partial charge in [0.25, 0.3) is 0 Å². The van der Waals surface area contributed by atoms with Crippen molar-refractivity contribution in [3.63, 3.8) is 0 Å². The van der Waals surface area contributed by atoms with Gasteiger partial charge in [-0.3, -0.25) is 0 Å². The third-order valence-electron chi connectivity index (χ3n) is 3.91. The van der Waals surface area contributed by atoms with Crippen molar-refractivity contribution >= 4 is 11.6 Å². The molecule has 1 aliphatic rings. The van der Waals surface area contributed by atoms with Crippen LogP contribution in [0.1, 0.15) is 19.4 Å². The third kappa shape index (κ3) is 2.22. The molecule has 2 rings (SSSR count). The number of hydrogen-bond donors (Lipinski definition) is 1. The summed E-state index contributed by atoms with van der Waals surface area (Å²) in [6, 6.07) is 8.11. The fourth-order valence-electron chi connectivity index (χ4n) is 2.83. The number of ether oxygens (including phenoxy) is 1. The highest BCUT2D eigenvalue weighted by Crippen LogP contribution is 2.42. The average Bonchev–Trinajstić information content (AvgIpc) is 2.24. The van der Waals surface area contributed by atoms with E-state index >= 15 is 0 Å². The normalized spacial score (nSPS) is 20.1. The summed E-state index contributed by atoms with van der Waals surface area (Å²) < 4.78 is 5.47. The Bertz CT molecular complexity index is 370. The lowest BCUT2D eigenvalue weighted by atomic mass is 9.65. The smallest absolute Gasteiger partial charge is 0.0588 e. The molecule has 0 spiro atoms. The Labute approximate surface area is 108 Å². The second-order valence-corrected chi connectivity index (χ2v) is 5.68. The third-order valence-corrected chi connectivity index (χ3v) is 4.16. The highest BCUT2D eigenvalue weighted by molar-refractivity contribution is 6.30. The number of halogens is 1. The van der Waals surface area contributed by atoms with Gasteiger partial charge in [-0.05, 0) is 36.1 Å². The van der Waals surface area contributed by atoms with E-state index in [9.17, 15) is 0 Å². The first-order valence-corrected chi connectivity index (χ1v) is 6.52. The molecule has 94 valence electrons. The quantitative estimate of drug-likeness (QED) is 0.896. The molecule has 1 aliphatic heterocycles. The van der Waals surface area contributed by atoms with Gasteiger partial charge in [0.15, 0.2) is 0 Å². The lowest BCUT2D eigenvalue weighted by molar-refractivity contribution is -0.0982. The van der Waals surface area contributed by atoms with Gasteiger partial charge in [0.1, 0.15) is 0 Å². The zero-order valence-electron chi connectivity index (χ0n) is 10.4. The second kappa shape index (κ2) is 4.97. The summed E-state index contributed by atoms with van der Waals surface area (Å²) in [5.41, 5.74) is 7.35. The van der Waals surface area contributed by atoms with Crippen molar-refractivity contribution in [1.29, 1.82) is 0 Å². The van der Waals surface area contributed by atoms with Gasteiger partial charge < -0.3 is 10.5 Å². The molecule has 1 fully saturated rings. The first-order chi connectivity index (χ1) is 8.10. The SMILES string of the molecule is CC(C)C(CN)C1(c2ccc(Cl)cc2)COC1. The van der Waals surface area contributed by atoms with Gasteiger partial charge in [-0.25, -0.2) is 0 Å². The first-order valence-electron chi connectivity index (χ1n) is 6.14. The summed E-state index contributed by atoms with van der Waals surface area (Å²) >= 11 is 5.94. The summed E-state index contributed by atoms with van der Waals surface area (Å²) in [4.78, 5) is 0. The van der Waals surface area contributed by atoms with E-state index in [2.05, 4.69) is 26.0 Å². The first kappa shape index (κ1) is 12.9. The van der Waals surface area contributed by atoms with Crippen LogP contribution in [0.4, 0.5) is 0 Å². The van der Waals surface area contributed by atoms with Gasteiger partial charge in [-0.15, -0.1) is 0 Å². The summed E-state index contributed by atoms with van der Waals surface area (Å²) in [7, 11) is 0. The minimum atomic E-state index is 0.0908. The molecular formula is C14H20ClNO. The zero-order valence-corrected chi connectivity index (χ0v) is 11.2. The monoisotopic (exact) mass is 253 g/mol. The van der Waals surface area contributed by atoms with Crippen molar-refractivity contribution < 1.29 is 4.74 Å². The maximum atomic E-state index is 5.95. The van der Waals surface area contributed by atoms with Crippen molar-refractivity contribution in [2.24, 2.45) is 17.6 Å². The Hall–Kier alpha value is -0.570. The Morgan fingerprint density at radius 2 is 1.88 bits per heavy atom. The van der Waals surface area contributed by atoms with E-state index in [-0.39, 0.29) is 5.41 Å². The van der Waals surface area contributed by atoms with Crippen LogP contribution < -0.4 is 5.73 Å². The molecule has 1 heterocycles. The molecule has 1 atom stereocenters. The van der Waals surface area contributed by atoms with E-state index in [1.54, 1.807) is 0 Å². The van der Waals surface area contributed by atoms with E-state index in [4.69, 9.17) is 22.1 Å². The highest BCUT2D eigenvalue weighted by atomic mass is 35.5. The van der Waals surface area contributed by atoms with Gasteiger partial charge in [0.2, 0.25) is 0 Å². The van der Waals surface area contributed by atoms with E-state index in [1.165, 1.54) is 5.56 Å². The van der Waals surface area contributed by atoms with E-state index in [1.807, 2.05) is 12.1 Å². The van der Waals surface area contributed by atoms with Crippen molar-refractivity contribution in [2.75, 3.05) is 19.8 Å². The molecule has 0 saturated carbocycles. The van der Waals surface area contributed by atoms with Gasteiger partial charge in [-0.1, -0.05) is 37.6 Å². The van der Waals surface area contributed by atoms with Crippen molar-refractivity contribution in [3.8, 4) is 0 Å². The summed E-state index contributed by atoms with van der Waals surface area (Å²) in [5.74, 6) is 1.01. The Morgan fingerprint density at radius 3 is 2.24 bits per heavy atom. The molecule has 1 aromatic rings. The standard InChI is InChI=1S/C14H20ClNO/c1-10(2)13(7-16)14(8-17-9-14)11-3-5-12(15)6-4-11/h3-6,10,13H,7-9,16H2,1-2H3. The van der Waals surface area contributed by atoms with Crippen LogP contribution >= 0.6 is 11.6 Å². The number of hydrogen-bond acceptors (Lipinski definition) is 2. The molecule has 2 nitrogen and oxygen atoms in total. The fourth-order valence-corrected chi connectivity index (χ4v) is 2.96. The molecular weight excluding hydrogens is 234 g/mol. The van der Waals surface area contributed by atoms with Crippen LogP contribution in [-0.2, 0) is 10.2 Å². The Morgan fingerprint density at radius 1 is 1.29 bits per heavy atom. The second-order valence-electron chi connectivity index (χ2n) is 5.24. The largest absolute Gasteiger partial charge is 0.379 e. The minimum absolute atomic E-state index is 0.0908. The van der Waals surface area contributed by atoms with Gasteiger partial charge in [0.05, 0.1) is 13.2 Å². The maximum Gasteiger partial charge on any atom is 0.0588 e. The lowest BCUT2D eigenvalue weighted by Gasteiger charge is -2.49. The molecule has 0 bridgehead atoms. The topological polar surface area (TPSA) is 35.2 Å². The Balaban J connectivity index is 2.33. The van der Waals surface area contributed by atoms with Crippen LogP contribution in [0, 0.1) is 11.8 Å².